The molecule has 2 aromatic carbocycles. The molecule has 9 heteroatoms. The van der Waals surface area contributed by atoms with Crippen molar-refractivity contribution in [1.82, 2.24) is 25.0 Å². The molecular weight excluding hydrogens is 420 g/mol. The lowest BCUT2D eigenvalue weighted by atomic mass is 10.1. The average molecular weight is 447 g/mol. The number of fused-ring (bicyclic) bond motifs is 1. The van der Waals surface area contributed by atoms with Crippen LogP contribution in [0, 0.1) is 0 Å². The Labute approximate surface area is 190 Å². The van der Waals surface area contributed by atoms with E-state index in [0.717, 1.165) is 17.7 Å². The molecule has 2 heterocycles. The van der Waals surface area contributed by atoms with Crippen molar-refractivity contribution >= 4 is 22.6 Å². The van der Waals surface area contributed by atoms with E-state index < -0.39 is 0 Å². The lowest BCUT2D eigenvalue weighted by Crippen LogP contribution is -2.27. The van der Waals surface area contributed by atoms with Crippen molar-refractivity contribution < 1.29 is 9.53 Å². The van der Waals surface area contributed by atoms with Crippen LogP contribution in [0.15, 0.2) is 53.3 Å². The first-order chi connectivity index (χ1) is 15.9. The van der Waals surface area contributed by atoms with Gasteiger partial charge in [-0.1, -0.05) is 30.3 Å². The normalized spacial score (nSPS) is 11.2. The molecule has 33 heavy (non-hydrogen) atoms. The first-order valence-electron chi connectivity index (χ1n) is 10.8. The number of anilines is 1. The Morgan fingerprint density at radius 1 is 1.09 bits per heavy atom. The van der Waals surface area contributed by atoms with Gasteiger partial charge in [-0.05, 0) is 44.0 Å². The second-order valence-corrected chi connectivity index (χ2v) is 8.01. The van der Waals surface area contributed by atoms with Crippen LogP contribution in [0.3, 0.4) is 0 Å². The predicted octanol–water partition coefficient (Wildman–Crippen LogP) is 3.07. The zero-order valence-corrected chi connectivity index (χ0v) is 18.8. The minimum Gasteiger partial charge on any atom is -0.497 e. The van der Waals surface area contributed by atoms with Gasteiger partial charge in [-0.15, -0.1) is 5.10 Å². The highest BCUT2D eigenvalue weighted by atomic mass is 16.5. The summed E-state index contributed by atoms with van der Waals surface area (Å²) in [5.41, 5.74) is 1.52. The van der Waals surface area contributed by atoms with Crippen molar-refractivity contribution in [3.05, 3.63) is 76.0 Å². The van der Waals surface area contributed by atoms with Gasteiger partial charge in [0.25, 0.3) is 5.56 Å². The number of carbonyl (C=O) groups is 1. The number of ether oxygens (including phenoxy) is 1. The number of aromatic amines is 1. The highest BCUT2D eigenvalue weighted by Gasteiger charge is 2.16. The maximum Gasteiger partial charge on any atom is 0.274 e. The molecule has 0 aliphatic carbocycles. The van der Waals surface area contributed by atoms with E-state index in [4.69, 9.17) is 4.74 Å². The van der Waals surface area contributed by atoms with Crippen LogP contribution < -0.4 is 15.6 Å². The number of hydrogen-bond donors (Lipinski definition) is 2. The Morgan fingerprint density at radius 2 is 1.82 bits per heavy atom. The standard InChI is InChI=1S/C24H26N6O3/c1-15(2)30-23(32)19-7-5-4-6-18(19)20(29-30)14-22(31)26-24-25-21(27-28-24)13-10-16-8-11-17(33-3)12-9-16/h4-9,11-12,15H,10,13-14H2,1-3H3,(H2,25,26,27,28,31). The zero-order valence-electron chi connectivity index (χ0n) is 18.8. The van der Waals surface area contributed by atoms with Gasteiger partial charge in [-0.3, -0.25) is 20.0 Å². The van der Waals surface area contributed by atoms with E-state index in [-0.39, 0.29) is 29.9 Å². The molecule has 2 N–H and O–H groups in total. The van der Waals surface area contributed by atoms with Crippen molar-refractivity contribution in [3.8, 4) is 5.75 Å². The Morgan fingerprint density at radius 3 is 2.52 bits per heavy atom. The summed E-state index contributed by atoms with van der Waals surface area (Å²) in [6, 6.07) is 14.9. The smallest absolute Gasteiger partial charge is 0.274 e. The van der Waals surface area contributed by atoms with Gasteiger partial charge in [0.15, 0.2) is 0 Å². The summed E-state index contributed by atoms with van der Waals surface area (Å²) in [5.74, 6) is 1.40. The highest BCUT2D eigenvalue weighted by molar-refractivity contribution is 5.94. The first-order valence-corrected chi connectivity index (χ1v) is 10.8. The number of carbonyl (C=O) groups excluding carboxylic acids is 1. The summed E-state index contributed by atoms with van der Waals surface area (Å²) in [6.07, 6.45) is 1.43. The number of hydrogen-bond acceptors (Lipinski definition) is 6. The molecule has 2 aromatic heterocycles. The number of methoxy groups -OCH3 is 1. The molecule has 1 amide bonds. The molecule has 170 valence electrons. The molecule has 0 unspecified atom stereocenters. The molecule has 9 nitrogen and oxygen atoms in total. The van der Waals surface area contributed by atoms with Crippen LogP contribution >= 0.6 is 0 Å². The van der Waals surface area contributed by atoms with Gasteiger partial charge in [-0.25, -0.2) is 4.68 Å². The number of aromatic nitrogens is 5. The van der Waals surface area contributed by atoms with Crippen molar-refractivity contribution in [2.75, 3.05) is 12.4 Å². The molecule has 0 aliphatic heterocycles. The fourth-order valence-electron chi connectivity index (χ4n) is 3.59. The fourth-order valence-corrected chi connectivity index (χ4v) is 3.59. The van der Waals surface area contributed by atoms with Crippen LogP contribution in [0.2, 0.25) is 0 Å². The lowest BCUT2D eigenvalue weighted by molar-refractivity contribution is -0.115. The Kier molecular flexibility index (Phi) is 6.48. The van der Waals surface area contributed by atoms with E-state index in [0.29, 0.717) is 28.7 Å². The third-order valence-electron chi connectivity index (χ3n) is 5.31. The molecule has 0 fully saturated rings. The lowest BCUT2D eigenvalue weighted by Gasteiger charge is -2.13. The molecule has 4 aromatic rings. The molecule has 0 saturated carbocycles. The number of nitrogens with zero attached hydrogens (tertiary/aromatic N) is 4. The molecular formula is C24H26N6O3. The van der Waals surface area contributed by atoms with Crippen LogP contribution in [-0.4, -0.2) is 38.0 Å². The number of aryl methyl sites for hydroxylation is 2. The number of nitrogens with one attached hydrogen (secondary N) is 2. The zero-order chi connectivity index (χ0) is 23.4. The van der Waals surface area contributed by atoms with E-state index in [9.17, 15) is 9.59 Å². The van der Waals surface area contributed by atoms with E-state index in [1.807, 2.05) is 44.2 Å². The molecule has 0 aliphatic rings. The van der Waals surface area contributed by atoms with E-state index >= 15 is 0 Å². The minimum atomic E-state index is -0.303. The molecule has 0 radical (unpaired) electrons. The summed E-state index contributed by atoms with van der Waals surface area (Å²) >= 11 is 0. The third-order valence-corrected chi connectivity index (χ3v) is 5.31. The first kappa shape index (κ1) is 22.2. The largest absolute Gasteiger partial charge is 0.497 e. The monoisotopic (exact) mass is 446 g/mol. The third kappa shape index (κ3) is 5.08. The number of rotatable bonds is 8. The molecule has 0 bridgehead atoms. The Hall–Kier alpha value is -4.01. The van der Waals surface area contributed by atoms with Gasteiger partial charge >= 0.3 is 0 Å². The molecule has 4 rings (SSSR count). The fraction of sp³-hybridized carbons (Fsp3) is 0.292. The van der Waals surface area contributed by atoms with Gasteiger partial charge < -0.3 is 4.74 Å². The van der Waals surface area contributed by atoms with Gasteiger partial charge in [0.2, 0.25) is 11.9 Å². The maximum atomic E-state index is 12.7. The van der Waals surface area contributed by atoms with Crippen LogP contribution in [0.1, 0.15) is 37.0 Å². The Balaban J connectivity index is 1.43. The maximum absolute atomic E-state index is 12.7. The van der Waals surface area contributed by atoms with Crippen LogP contribution in [0.25, 0.3) is 10.8 Å². The number of H-pyrrole nitrogens is 1. The summed E-state index contributed by atoms with van der Waals surface area (Å²) in [4.78, 5) is 29.7. The van der Waals surface area contributed by atoms with Gasteiger partial charge in [0.1, 0.15) is 11.6 Å². The molecule has 0 atom stereocenters. The Bertz CT molecular complexity index is 1320. The summed E-state index contributed by atoms with van der Waals surface area (Å²) in [7, 11) is 1.64. The van der Waals surface area contributed by atoms with Gasteiger partial charge in [0.05, 0.1) is 30.7 Å². The van der Waals surface area contributed by atoms with Gasteiger partial charge in [0, 0.05) is 11.8 Å². The van der Waals surface area contributed by atoms with E-state index in [2.05, 4.69) is 25.6 Å². The molecule has 0 spiro atoms. The summed E-state index contributed by atoms with van der Waals surface area (Å²) in [6.45, 7) is 3.77. The minimum absolute atomic E-state index is 0.00321. The average Bonchev–Trinajstić information content (AvgIpc) is 3.26. The second-order valence-electron chi connectivity index (χ2n) is 8.01. The van der Waals surface area contributed by atoms with Crippen molar-refractivity contribution in [2.45, 2.75) is 39.2 Å². The highest BCUT2D eigenvalue weighted by Crippen LogP contribution is 2.16. The number of amides is 1. The summed E-state index contributed by atoms with van der Waals surface area (Å²) in [5, 5.41) is 15.3. The van der Waals surface area contributed by atoms with Crippen molar-refractivity contribution in [2.24, 2.45) is 0 Å². The van der Waals surface area contributed by atoms with Crippen LogP contribution in [0.5, 0.6) is 5.75 Å². The van der Waals surface area contributed by atoms with Crippen molar-refractivity contribution in [1.29, 1.82) is 0 Å². The quantitative estimate of drug-likeness (QED) is 0.430. The number of benzene rings is 2. The second kappa shape index (κ2) is 9.64. The van der Waals surface area contributed by atoms with Crippen molar-refractivity contribution in [3.63, 3.8) is 0 Å². The topological polar surface area (TPSA) is 115 Å². The SMILES string of the molecule is COc1ccc(CCc2nc(NC(=O)Cc3nn(C(C)C)c(=O)c4ccccc34)n[nH]2)cc1. The molecule has 0 saturated heterocycles. The van der Waals surface area contributed by atoms with Crippen LogP contribution in [-0.2, 0) is 24.1 Å². The predicted molar refractivity (Wildman–Crippen MR) is 126 cm³/mol. The summed E-state index contributed by atoms with van der Waals surface area (Å²) < 4.78 is 6.58. The van der Waals surface area contributed by atoms with E-state index in [1.165, 1.54) is 4.68 Å². The van der Waals surface area contributed by atoms with Crippen LogP contribution in [0.4, 0.5) is 5.95 Å². The van der Waals surface area contributed by atoms with Gasteiger partial charge in [-0.2, -0.15) is 10.1 Å². The van der Waals surface area contributed by atoms with E-state index in [1.54, 1.807) is 25.3 Å².